The molecule has 6 heteroatoms. The summed E-state index contributed by atoms with van der Waals surface area (Å²) in [5, 5.41) is 9.13. The predicted molar refractivity (Wildman–Crippen MR) is 71.0 cm³/mol. The molecule has 1 aromatic rings. The topological polar surface area (TPSA) is 49.8 Å². The van der Waals surface area contributed by atoms with Gasteiger partial charge in [-0.05, 0) is 25.1 Å². The molecule has 4 nitrogen and oxygen atoms in total. The summed E-state index contributed by atoms with van der Waals surface area (Å²) in [4.78, 5) is 14.3. The number of halogens is 1. The van der Waals surface area contributed by atoms with Crippen LogP contribution in [0.25, 0.3) is 0 Å². The van der Waals surface area contributed by atoms with Crippen molar-refractivity contribution in [2.75, 3.05) is 19.7 Å². The van der Waals surface area contributed by atoms with Gasteiger partial charge in [-0.25, -0.2) is 4.39 Å². The smallest absolute Gasteiger partial charge is 0.257 e. The molecule has 1 heterocycles. The molecule has 104 valence electrons. The summed E-state index contributed by atoms with van der Waals surface area (Å²) in [5.41, 5.74) is -0.00158. The number of hydrogen-bond acceptors (Lipinski definition) is 4. The second-order valence-electron chi connectivity index (χ2n) is 4.63. The number of aliphatic hydroxyl groups excluding tert-OH is 1. The molecule has 0 spiro atoms. The van der Waals surface area contributed by atoms with E-state index >= 15 is 0 Å². The second-order valence-corrected chi connectivity index (χ2v) is 5.14. The maximum atomic E-state index is 13.7. The average molecular weight is 285 g/mol. The number of carbonyl (C=O) groups excluding carboxylic acids is 1. The van der Waals surface area contributed by atoms with Crippen LogP contribution in [0.15, 0.2) is 23.1 Å². The number of amides is 1. The summed E-state index contributed by atoms with van der Waals surface area (Å²) in [7, 11) is 0. The SMILES string of the molecule is CC1CN(C(=O)c2cc(S)ccc2F)CC(CO)O1. The molecule has 0 aliphatic carbocycles. The van der Waals surface area contributed by atoms with Gasteiger partial charge in [0.15, 0.2) is 0 Å². The lowest BCUT2D eigenvalue weighted by Gasteiger charge is -2.36. The standard InChI is InChI=1S/C13H16FNO3S/c1-8-5-15(6-9(7-16)18-8)13(17)11-4-10(19)2-3-12(11)14/h2-4,8-9,16,19H,5-7H2,1H3. The van der Waals surface area contributed by atoms with Gasteiger partial charge in [-0.3, -0.25) is 4.79 Å². The van der Waals surface area contributed by atoms with Gasteiger partial charge in [0.2, 0.25) is 0 Å². The Morgan fingerprint density at radius 2 is 2.32 bits per heavy atom. The second kappa shape index (κ2) is 5.90. The first-order valence-corrected chi connectivity index (χ1v) is 6.50. The van der Waals surface area contributed by atoms with Gasteiger partial charge in [-0.1, -0.05) is 0 Å². The van der Waals surface area contributed by atoms with Crippen LogP contribution in [-0.4, -0.2) is 47.8 Å². The van der Waals surface area contributed by atoms with E-state index in [1.54, 1.807) is 0 Å². The quantitative estimate of drug-likeness (QED) is 0.806. The summed E-state index contributed by atoms with van der Waals surface area (Å²) >= 11 is 4.11. The van der Waals surface area contributed by atoms with Crippen molar-refractivity contribution in [1.82, 2.24) is 4.90 Å². The average Bonchev–Trinajstić information content (AvgIpc) is 2.40. The van der Waals surface area contributed by atoms with Crippen LogP contribution >= 0.6 is 12.6 Å². The van der Waals surface area contributed by atoms with Gasteiger partial charge in [-0.2, -0.15) is 0 Å². The lowest BCUT2D eigenvalue weighted by Crippen LogP contribution is -2.50. The van der Waals surface area contributed by atoms with Crippen molar-refractivity contribution in [3.63, 3.8) is 0 Å². The number of rotatable bonds is 2. The Bertz CT molecular complexity index is 483. The van der Waals surface area contributed by atoms with Gasteiger partial charge in [0.25, 0.3) is 5.91 Å². The number of nitrogens with zero attached hydrogens (tertiary/aromatic N) is 1. The molecule has 2 rings (SSSR count). The van der Waals surface area contributed by atoms with Crippen molar-refractivity contribution in [3.8, 4) is 0 Å². The highest BCUT2D eigenvalue weighted by atomic mass is 32.1. The van der Waals surface area contributed by atoms with Crippen molar-refractivity contribution in [1.29, 1.82) is 0 Å². The summed E-state index contributed by atoms with van der Waals surface area (Å²) in [6.45, 7) is 2.29. The molecule has 0 aromatic heterocycles. The van der Waals surface area contributed by atoms with E-state index in [2.05, 4.69) is 12.6 Å². The van der Waals surface area contributed by atoms with Gasteiger partial charge in [0.1, 0.15) is 5.82 Å². The molecule has 2 atom stereocenters. The van der Waals surface area contributed by atoms with Crippen molar-refractivity contribution in [3.05, 3.63) is 29.6 Å². The first-order valence-electron chi connectivity index (χ1n) is 6.05. The van der Waals surface area contributed by atoms with Crippen LogP contribution in [0, 0.1) is 5.82 Å². The Hall–Kier alpha value is -1.11. The highest BCUT2D eigenvalue weighted by Gasteiger charge is 2.29. The van der Waals surface area contributed by atoms with Gasteiger partial charge in [0, 0.05) is 18.0 Å². The largest absolute Gasteiger partial charge is 0.394 e. The van der Waals surface area contributed by atoms with Gasteiger partial charge in [0.05, 0.1) is 24.4 Å². The summed E-state index contributed by atoms with van der Waals surface area (Å²) in [6, 6.07) is 4.13. The van der Waals surface area contributed by atoms with Crippen LogP contribution in [0.2, 0.25) is 0 Å². The maximum Gasteiger partial charge on any atom is 0.257 e. The number of benzene rings is 1. The molecule has 19 heavy (non-hydrogen) atoms. The number of carbonyl (C=O) groups is 1. The third-order valence-electron chi connectivity index (χ3n) is 3.00. The lowest BCUT2D eigenvalue weighted by atomic mass is 10.1. The molecular formula is C13H16FNO3S. The van der Waals surface area contributed by atoms with Crippen LogP contribution in [0.5, 0.6) is 0 Å². The van der Waals surface area contributed by atoms with Crippen molar-refractivity contribution in [2.24, 2.45) is 0 Å². The van der Waals surface area contributed by atoms with E-state index in [9.17, 15) is 9.18 Å². The third-order valence-corrected chi connectivity index (χ3v) is 3.28. The minimum absolute atomic E-state index is 0.00158. The molecule has 0 saturated carbocycles. The first kappa shape index (κ1) is 14.3. The van der Waals surface area contributed by atoms with Crippen molar-refractivity contribution in [2.45, 2.75) is 24.0 Å². The molecule has 1 aromatic carbocycles. The Kier molecular flexibility index (Phi) is 4.44. The molecule has 1 saturated heterocycles. The fraction of sp³-hybridized carbons (Fsp3) is 0.462. The van der Waals surface area contributed by atoms with Crippen LogP contribution in [0.3, 0.4) is 0 Å². The van der Waals surface area contributed by atoms with Gasteiger partial charge in [-0.15, -0.1) is 12.6 Å². The van der Waals surface area contributed by atoms with E-state index in [4.69, 9.17) is 9.84 Å². The van der Waals surface area contributed by atoms with E-state index in [-0.39, 0.29) is 24.8 Å². The Morgan fingerprint density at radius 1 is 1.58 bits per heavy atom. The Balaban J connectivity index is 2.21. The molecule has 1 fully saturated rings. The van der Waals surface area contributed by atoms with E-state index in [1.165, 1.54) is 23.1 Å². The molecule has 2 unspecified atom stereocenters. The zero-order valence-corrected chi connectivity index (χ0v) is 11.4. The number of ether oxygens (including phenoxy) is 1. The minimum Gasteiger partial charge on any atom is -0.394 e. The number of hydrogen-bond donors (Lipinski definition) is 2. The monoisotopic (exact) mass is 285 g/mol. The molecule has 0 bridgehead atoms. The lowest BCUT2D eigenvalue weighted by molar-refractivity contribution is -0.0859. The molecule has 1 aliphatic heterocycles. The zero-order chi connectivity index (χ0) is 14.0. The molecule has 1 N–H and O–H groups in total. The molecule has 1 amide bonds. The van der Waals surface area contributed by atoms with Crippen LogP contribution in [-0.2, 0) is 4.74 Å². The van der Waals surface area contributed by atoms with Crippen molar-refractivity contribution >= 4 is 18.5 Å². The molecule has 0 radical (unpaired) electrons. The van der Waals surface area contributed by atoms with Crippen LogP contribution in [0.4, 0.5) is 4.39 Å². The number of thiol groups is 1. The Labute approximate surface area is 116 Å². The van der Waals surface area contributed by atoms with Gasteiger partial charge < -0.3 is 14.7 Å². The fourth-order valence-electron chi connectivity index (χ4n) is 2.16. The fourth-order valence-corrected chi connectivity index (χ4v) is 2.36. The maximum absolute atomic E-state index is 13.7. The first-order chi connectivity index (χ1) is 9.01. The highest BCUT2D eigenvalue weighted by molar-refractivity contribution is 7.80. The van der Waals surface area contributed by atoms with Gasteiger partial charge >= 0.3 is 0 Å². The predicted octanol–water partition coefficient (Wildman–Crippen LogP) is 1.34. The van der Waals surface area contributed by atoms with E-state index in [0.717, 1.165) is 0 Å². The summed E-state index contributed by atoms with van der Waals surface area (Å²) in [6.07, 6.45) is -0.605. The third kappa shape index (κ3) is 3.26. The summed E-state index contributed by atoms with van der Waals surface area (Å²) < 4.78 is 19.1. The Morgan fingerprint density at radius 3 is 3.00 bits per heavy atom. The zero-order valence-electron chi connectivity index (χ0n) is 10.5. The van der Waals surface area contributed by atoms with E-state index in [1.807, 2.05) is 6.92 Å². The van der Waals surface area contributed by atoms with Crippen molar-refractivity contribution < 1.29 is 19.0 Å². The van der Waals surface area contributed by atoms with E-state index in [0.29, 0.717) is 11.4 Å². The number of morpholine rings is 1. The molecular weight excluding hydrogens is 269 g/mol. The molecule has 1 aliphatic rings. The van der Waals surface area contributed by atoms with E-state index < -0.39 is 17.8 Å². The normalized spacial score (nSPS) is 23.5. The number of aliphatic hydroxyl groups is 1. The summed E-state index contributed by atoms with van der Waals surface area (Å²) in [5.74, 6) is -0.968. The highest BCUT2D eigenvalue weighted by Crippen LogP contribution is 2.19. The van der Waals surface area contributed by atoms with Crippen LogP contribution < -0.4 is 0 Å². The minimum atomic E-state index is -0.567. The van der Waals surface area contributed by atoms with Crippen LogP contribution in [0.1, 0.15) is 17.3 Å².